The van der Waals surface area contributed by atoms with Crippen LogP contribution in [0.15, 0.2) is 0 Å². The molecular formula is C17H25N3O4S. The van der Waals surface area contributed by atoms with Gasteiger partial charge >= 0.3 is 5.97 Å². The van der Waals surface area contributed by atoms with E-state index in [0.29, 0.717) is 41.0 Å². The van der Waals surface area contributed by atoms with Gasteiger partial charge in [0.05, 0.1) is 25.2 Å². The Labute approximate surface area is 151 Å². The van der Waals surface area contributed by atoms with Crippen LogP contribution in [0.5, 0.6) is 0 Å². The van der Waals surface area contributed by atoms with Crippen LogP contribution in [0.1, 0.15) is 34.9 Å². The molecule has 7 nitrogen and oxygen atoms in total. The highest BCUT2D eigenvalue weighted by atomic mass is 32.1. The molecule has 0 fully saturated rings. The monoisotopic (exact) mass is 367 g/mol. The van der Waals surface area contributed by atoms with E-state index in [1.807, 2.05) is 20.8 Å². The third-order valence-corrected chi connectivity index (χ3v) is 4.82. The van der Waals surface area contributed by atoms with E-state index in [4.69, 9.17) is 4.74 Å². The molecule has 0 aliphatic rings. The molecule has 0 aliphatic carbocycles. The van der Waals surface area contributed by atoms with E-state index < -0.39 is 0 Å². The van der Waals surface area contributed by atoms with Crippen molar-refractivity contribution in [1.82, 2.24) is 9.97 Å². The first-order valence-electron chi connectivity index (χ1n) is 8.30. The first-order valence-corrected chi connectivity index (χ1v) is 9.12. The van der Waals surface area contributed by atoms with Gasteiger partial charge in [-0.3, -0.25) is 0 Å². The van der Waals surface area contributed by atoms with Crippen LogP contribution in [0.25, 0.3) is 10.2 Å². The number of fused-ring (bicyclic) bond motifs is 1. The standard InChI is InChI=1S/C17H25N3O4S/c1-10(2)9-24-17(23)14-11(3)13-15(20(5-7-21)6-8-22)18-12(4)19-16(13)25-14/h10,21-22H,5-9H2,1-4H3. The van der Waals surface area contributed by atoms with E-state index in [0.717, 1.165) is 10.9 Å². The van der Waals surface area contributed by atoms with Gasteiger partial charge < -0.3 is 19.8 Å². The number of nitrogens with zero attached hydrogens (tertiary/aromatic N) is 3. The molecule has 0 amide bonds. The zero-order valence-corrected chi connectivity index (χ0v) is 15.9. The third kappa shape index (κ3) is 4.45. The molecule has 8 heteroatoms. The van der Waals surface area contributed by atoms with E-state index in [-0.39, 0.29) is 25.1 Å². The number of ether oxygens (including phenoxy) is 1. The molecule has 138 valence electrons. The predicted molar refractivity (Wildman–Crippen MR) is 98.4 cm³/mol. The number of carbonyl (C=O) groups is 1. The fraction of sp³-hybridized carbons (Fsp3) is 0.588. The number of aliphatic hydroxyl groups is 2. The van der Waals surface area contributed by atoms with Crippen LogP contribution in [-0.2, 0) is 4.74 Å². The summed E-state index contributed by atoms with van der Waals surface area (Å²) in [6.07, 6.45) is 0. The Bertz CT molecular complexity index is 739. The molecule has 2 N–H and O–H groups in total. The van der Waals surface area contributed by atoms with Crippen LogP contribution in [0.3, 0.4) is 0 Å². The van der Waals surface area contributed by atoms with Crippen molar-refractivity contribution in [1.29, 1.82) is 0 Å². The Morgan fingerprint density at radius 1 is 1.20 bits per heavy atom. The molecule has 2 rings (SSSR count). The lowest BCUT2D eigenvalue weighted by molar-refractivity contribution is 0.0464. The highest BCUT2D eigenvalue weighted by Gasteiger charge is 2.23. The first-order chi connectivity index (χ1) is 11.9. The first kappa shape index (κ1) is 19.6. The number of thiophene rings is 1. The molecule has 0 spiro atoms. The number of aryl methyl sites for hydroxylation is 2. The largest absolute Gasteiger partial charge is 0.461 e. The fourth-order valence-electron chi connectivity index (χ4n) is 2.52. The van der Waals surface area contributed by atoms with Gasteiger partial charge in [-0.2, -0.15) is 0 Å². The van der Waals surface area contributed by atoms with Crippen LogP contribution < -0.4 is 4.90 Å². The van der Waals surface area contributed by atoms with Crippen molar-refractivity contribution in [3.63, 3.8) is 0 Å². The summed E-state index contributed by atoms with van der Waals surface area (Å²) in [5, 5.41) is 19.4. The van der Waals surface area contributed by atoms with E-state index in [9.17, 15) is 15.0 Å². The summed E-state index contributed by atoms with van der Waals surface area (Å²) < 4.78 is 5.36. The van der Waals surface area contributed by atoms with Gasteiger partial charge in [0.15, 0.2) is 0 Å². The van der Waals surface area contributed by atoms with E-state index in [1.54, 1.807) is 11.8 Å². The van der Waals surface area contributed by atoms with Crippen LogP contribution >= 0.6 is 11.3 Å². The average Bonchev–Trinajstić information content (AvgIpc) is 2.88. The lowest BCUT2D eigenvalue weighted by Crippen LogP contribution is -2.31. The highest BCUT2D eigenvalue weighted by molar-refractivity contribution is 7.20. The normalized spacial score (nSPS) is 11.3. The molecule has 2 heterocycles. The van der Waals surface area contributed by atoms with Crippen molar-refractivity contribution in [2.45, 2.75) is 27.7 Å². The maximum Gasteiger partial charge on any atom is 0.348 e. The SMILES string of the molecule is Cc1nc(N(CCO)CCO)c2c(C)c(C(=O)OCC(C)C)sc2n1. The Morgan fingerprint density at radius 2 is 1.84 bits per heavy atom. The van der Waals surface area contributed by atoms with Gasteiger partial charge in [0.25, 0.3) is 0 Å². The summed E-state index contributed by atoms with van der Waals surface area (Å²) in [5.74, 6) is 1.11. The minimum absolute atomic E-state index is 0.0585. The molecule has 0 saturated carbocycles. The second kappa shape index (κ2) is 8.55. The van der Waals surface area contributed by atoms with Crippen molar-refractivity contribution in [2.75, 3.05) is 37.8 Å². The molecule has 0 radical (unpaired) electrons. The average molecular weight is 367 g/mol. The molecule has 2 aromatic heterocycles. The van der Waals surface area contributed by atoms with Crippen LogP contribution in [-0.4, -0.2) is 59.1 Å². The maximum atomic E-state index is 12.4. The number of anilines is 1. The second-order valence-electron chi connectivity index (χ2n) is 6.26. The topological polar surface area (TPSA) is 95.8 Å². The Balaban J connectivity index is 2.51. The fourth-order valence-corrected chi connectivity index (χ4v) is 3.63. The summed E-state index contributed by atoms with van der Waals surface area (Å²) in [6, 6.07) is 0. The Hall–Kier alpha value is -1.77. The number of esters is 1. The minimum atomic E-state index is -0.353. The molecule has 0 unspecified atom stereocenters. The van der Waals surface area contributed by atoms with Crippen LogP contribution in [0.4, 0.5) is 5.82 Å². The van der Waals surface area contributed by atoms with E-state index >= 15 is 0 Å². The molecule has 0 aromatic carbocycles. The zero-order valence-electron chi connectivity index (χ0n) is 15.1. The summed E-state index contributed by atoms with van der Waals surface area (Å²) in [7, 11) is 0. The third-order valence-electron chi connectivity index (χ3n) is 3.66. The molecule has 0 bridgehead atoms. The van der Waals surface area contributed by atoms with E-state index in [2.05, 4.69) is 9.97 Å². The summed E-state index contributed by atoms with van der Waals surface area (Å²) in [4.78, 5) is 24.4. The molecule has 2 aromatic rings. The van der Waals surface area contributed by atoms with Gasteiger partial charge in [0.1, 0.15) is 21.3 Å². The lowest BCUT2D eigenvalue weighted by atomic mass is 10.2. The maximum absolute atomic E-state index is 12.4. The van der Waals surface area contributed by atoms with E-state index in [1.165, 1.54) is 11.3 Å². The van der Waals surface area contributed by atoms with Gasteiger partial charge in [-0.15, -0.1) is 11.3 Å². The number of rotatable bonds is 8. The van der Waals surface area contributed by atoms with Gasteiger partial charge in [-0.1, -0.05) is 13.8 Å². The smallest absolute Gasteiger partial charge is 0.348 e. The predicted octanol–water partition coefficient (Wildman–Crippen LogP) is 1.91. The van der Waals surface area contributed by atoms with Gasteiger partial charge in [-0.25, -0.2) is 14.8 Å². The number of carbonyl (C=O) groups excluding carboxylic acids is 1. The number of aromatic nitrogens is 2. The van der Waals surface area contributed by atoms with Crippen molar-refractivity contribution in [2.24, 2.45) is 5.92 Å². The summed E-state index contributed by atoms with van der Waals surface area (Å²) in [5.41, 5.74) is 0.768. The quantitative estimate of drug-likeness (QED) is 0.688. The van der Waals surface area contributed by atoms with Crippen molar-refractivity contribution >= 4 is 33.3 Å². The van der Waals surface area contributed by atoms with Gasteiger partial charge in [-0.05, 0) is 25.3 Å². The molecule has 0 atom stereocenters. The number of aliphatic hydroxyl groups excluding tert-OH is 2. The molecule has 25 heavy (non-hydrogen) atoms. The lowest BCUT2D eigenvalue weighted by Gasteiger charge is -2.23. The zero-order chi connectivity index (χ0) is 18.6. The van der Waals surface area contributed by atoms with Gasteiger partial charge in [0.2, 0.25) is 0 Å². The van der Waals surface area contributed by atoms with Gasteiger partial charge in [0, 0.05) is 13.1 Å². The molecule has 0 saturated heterocycles. The van der Waals surface area contributed by atoms with Crippen molar-refractivity contribution < 1.29 is 19.7 Å². The molecular weight excluding hydrogens is 342 g/mol. The number of hydrogen-bond donors (Lipinski definition) is 2. The van der Waals surface area contributed by atoms with Crippen LogP contribution in [0.2, 0.25) is 0 Å². The Morgan fingerprint density at radius 3 is 2.40 bits per heavy atom. The minimum Gasteiger partial charge on any atom is -0.461 e. The second-order valence-corrected chi connectivity index (χ2v) is 7.26. The Kier molecular flexibility index (Phi) is 6.69. The van der Waals surface area contributed by atoms with Crippen LogP contribution in [0, 0.1) is 19.8 Å². The summed E-state index contributed by atoms with van der Waals surface area (Å²) >= 11 is 1.29. The summed E-state index contributed by atoms with van der Waals surface area (Å²) in [6.45, 7) is 8.54. The van der Waals surface area contributed by atoms with Crippen molar-refractivity contribution in [3.05, 3.63) is 16.3 Å². The van der Waals surface area contributed by atoms with Crippen molar-refractivity contribution in [3.8, 4) is 0 Å². The number of hydrogen-bond acceptors (Lipinski definition) is 8. The molecule has 0 aliphatic heterocycles. The highest BCUT2D eigenvalue weighted by Crippen LogP contribution is 2.35.